The Labute approximate surface area is 185 Å². The summed E-state index contributed by atoms with van der Waals surface area (Å²) in [6.45, 7) is 3.86. The zero-order valence-electron chi connectivity index (χ0n) is 17.8. The van der Waals surface area contributed by atoms with Crippen LogP contribution in [0, 0.1) is 0 Å². The third-order valence-electron chi connectivity index (χ3n) is 5.31. The Morgan fingerprint density at radius 2 is 1.72 bits per heavy atom. The van der Waals surface area contributed by atoms with E-state index in [2.05, 4.69) is 14.5 Å². The summed E-state index contributed by atoms with van der Waals surface area (Å²) in [7, 11) is 1.31. The highest BCUT2D eigenvalue weighted by Crippen LogP contribution is 2.29. The summed E-state index contributed by atoms with van der Waals surface area (Å²) in [5.74, 6) is 0.117. The van der Waals surface area contributed by atoms with Crippen LogP contribution in [0.3, 0.4) is 0 Å². The number of carbonyl (C=O) groups excluding carboxylic acids is 1. The Morgan fingerprint density at radius 1 is 1.06 bits per heavy atom. The van der Waals surface area contributed by atoms with Crippen LogP contribution in [0.2, 0.25) is 0 Å². The molecule has 3 rings (SSSR count). The van der Waals surface area contributed by atoms with Gasteiger partial charge in [-0.25, -0.2) is 4.79 Å². The van der Waals surface area contributed by atoms with Crippen LogP contribution in [0.1, 0.15) is 21.5 Å². The van der Waals surface area contributed by atoms with Gasteiger partial charge in [-0.2, -0.15) is 13.2 Å². The van der Waals surface area contributed by atoms with Gasteiger partial charge in [-0.05, 0) is 35.9 Å². The third-order valence-corrected chi connectivity index (χ3v) is 5.31. The van der Waals surface area contributed by atoms with E-state index in [1.54, 1.807) is 30.3 Å². The van der Waals surface area contributed by atoms with Crippen LogP contribution in [0.15, 0.2) is 48.5 Å². The van der Waals surface area contributed by atoms with E-state index in [0.29, 0.717) is 56.1 Å². The van der Waals surface area contributed by atoms with Crippen molar-refractivity contribution >= 4 is 5.97 Å². The van der Waals surface area contributed by atoms with Gasteiger partial charge in [-0.15, -0.1) is 0 Å². The summed E-state index contributed by atoms with van der Waals surface area (Å²) in [6, 6.07) is 11.9. The molecule has 1 N–H and O–H groups in total. The number of carbonyl (C=O) groups is 1. The Morgan fingerprint density at radius 3 is 2.34 bits per heavy atom. The van der Waals surface area contributed by atoms with Gasteiger partial charge in [0, 0.05) is 39.3 Å². The molecule has 6 nitrogen and oxygen atoms in total. The number of halogens is 3. The van der Waals surface area contributed by atoms with Gasteiger partial charge in [-0.3, -0.25) is 9.80 Å². The highest BCUT2D eigenvalue weighted by Gasteiger charge is 2.30. The average Bonchev–Trinajstić information content (AvgIpc) is 2.78. The van der Waals surface area contributed by atoms with Crippen molar-refractivity contribution in [2.24, 2.45) is 0 Å². The van der Waals surface area contributed by atoms with Crippen molar-refractivity contribution in [3.05, 3.63) is 65.2 Å². The number of piperazine rings is 1. The van der Waals surface area contributed by atoms with Gasteiger partial charge >= 0.3 is 12.1 Å². The Hall–Kier alpha value is -2.62. The van der Waals surface area contributed by atoms with Crippen molar-refractivity contribution in [3.8, 4) is 5.75 Å². The molecule has 1 atom stereocenters. The molecule has 2 aromatic rings. The predicted molar refractivity (Wildman–Crippen MR) is 112 cm³/mol. The molecule has 0 aromatic heterocycles. The number of benzene rings is 2. The van der Waals surface area contributed by atoms with E-state index in [1.807, 2.05) is 0 Å². The monoisotopic (exact) mass is 452 g/mol. The van der Waals surface area contributed by atoms with Gasteiger partial charge in [0.05, 0.1) is 18.2 Å². The van der Waals surface area contributed by atoms with Crippen LogP contribution in [0.4, 0.5) is 13.2 Å². The molecule has 0 saturated carbocycles. The highest BCUT2D eigenvalue weighted by molar-refractivity contribution is 5.89. The number of hydrogen-bond donors (Lipinski definition) is 1. The number of rotatable bonds is 8. The normalized spacial score (nSPS) is 16.5. The van der Waals surface area contributed by atoms with E-state index < -0.39 is 23.8 Å². The first kappa shape index (κ1) is 24.0. The van der Waals surface area contributed by atoms with Gasteiger partial charge in [0.15, 0.2) is 0 Å². The lowest BCUT2D eigenvalue weighted by Crippen LogP contribution is -2.48. The van der Waals surface area contributed by atoms with Gasteiger partial charge in [0.2, 0.25) is 0 Å². The van der Waals surface area contributed by atoms with Crippen LogP contribution in [0.25, 0.3) is 0 Å². The second-order valence-electron chi connectivity index (χ2n) is 7.76. The lowest BCUT2D eigenvalue weighted by molar-refractivity contribution is -0.137. The zero-order valence-corrected chi connectivity index (χ0v) is 17.8. The molecule has 1 heterocycles. The van der Waals surface area contributed by atoms with Crippen LogP contribution >= 0.6 is 0 Å². The van der Waals surface area contributed by atoms with Gasteiger partial charge < -0.3 is 14.6 Å². The topological polar surface area (TPSA) is 62.2 Å². The number of ether oxygens (including phenoxy) is 2. The first-order valence-corrected chi connectivity index (χ1v) is 10.3. The van der Waals surface area contributed by atoms with Crippen LogP contribution in [0.5, 0.6) is 5.75 Å². The van der Waals surface area contributed by atoms with Crippen molar-refractivity contribution in [1.29, 1.82) is 0 Å². The van der Waals surface area contributed by atoms with Gasteiger partial charge in [0.1, 0.15) is 18.5 Å². The molecule has 0 bridgehead atoms. The fourth-order valence-electron chi connectivity index (χ4n) is 3.58. The molecule has 174 valence electrons. The summed E-state index contributed by atoms with van der Waals surface area (Å²) in [5.41, 5.74) is 0.431. The smallest absolute Gasteiger partial charge is 0.416 e. The van der Waals surface area contributed by atoms with Crippen molar-refractivity contribution in [1.82, 2.24) is 9.80 Å². The number of alkyl halides is 3. The molecule has 1 fully saturated rings. The number of methoxy groups -OCH3 is 1. The van der Waals surface area contributed by atoms with Crippen molar-refractivity contribution in [2.75, 3.05) is 46.4 Å². The summed E-state index contributed by atoms with van der Waals surface area (Å²) in [5, 5.41) is 10.3. The van der Waals surface area contributed by atoms with Crippen molar-refractivity contribution in [2.45, 2.75) is 18.8 Å². The second-order valence-corrected chi connectivity index (χ2v) is 7.76. The fourth-order valence-corrected chi connectivity index (χ4v) is 3.58. The second kappa shape index (κ2) is 10.8. The maximum absolute atomic E-state index is 12.9. The van der Waals surface area contributed by atoms with E-state index >= 15 is 0 Å². The minimum absolute atomic E-state index is 0.113. The Kier molecular flexibility index (Phi) is 8.11. The first-order valence-electron chi connectivity index (χ1n) is 10.3. The molecule has 0 aliphatic carbocycles. The van der Waals surface area contributed by atoms with E-state index in [-0.39, 0.29) is 6.61 Å². The molecule has 1 aliphatic heterocycles. The quantitative estimate of drug-likeness (QED) is 0.622. The van der Waals surface area contributed by atoms with E-state index in [4.69, 9.17) is 4.74 Å². The summed E-state index contributed by atoms with van der Waals surface area (Å²) < 4.78 is 48.9. The minimum atomic E-state index is -4.34. The molecule has 9 heteroatoms. The molecule has 0 spiro atoms. The molecule has 0 unspecified atom stereocenters. The molecular formula is C23H27F3N2O4. The van der Waals surface area contributed by atoms with E-state index in [1.165, 1.54) is 19.2 Å². The summed E-state index contributed by atoms with van der Waals surface area (Å²) in [6.07, 6.45) is -5.03. The largest absolute Gasteiger partial charge is 0.491 e. The van der Waals surface area contributed by atoms with Crippen LogP contribution in [-0.2, 0) is 17.5 Å². The predicted octanol–water partition coefficient (Wildman–Crippen LogP) is 3.05. The standard InChI is InChI=1S/C23H27F3N2O4/c1-31-22(30)18-5-7-21(8-6-18)32-16-20(29)15-28-11-9-27(10-12-28)14-17-3-2-4-19(13-17)23(24,25)26/h2-8,13,20,29H,9-12,14-16H2,1H3/t20-/m0/s1. The fraction of sp³-hybridized carbons (Fsp3) is 0.435. The lowest BCUT2D eigenvalue weighted by Gasteiger charge is -2.35. The molecule has 1 saturated heterocycles. The number of esters is 1. The first-order chi connectivity index (χ1) is 15.2. The molecule has 1 aliphatic rings. The number of aliphatic hydroxyl groups excluding tert-OH is 1. The Balaban J connectivity index is 1.39. The zero-order chi connectivity index (χ0) is 23.1. The van der Waals surface area contributed by atoms with Crippen LogP contribution < -0.4 is 4.74 Å². The van der Waals surface area contributed by atoms with Crippen molar-refractivity contribution < 1.29 is 32.5 Å². The molecule has 0 radical (unpaired) electrons. The molecule has 0 amide bonds. The van der Waals surface area contributed by atoms with Crippen molar-refractivity contribution in [3.63, 3.8) is 0 Å². The highest BCUT2D eigenvalue weighted by atomic mass is 19.4. The summed E-state index contributed by atoms with van der Waals surface area (Å²) >= 11 is 0. The SMILES string of the molecule is COC(=O)c1ccc(OC[C@@H](O)CN2CCN(Cc3cccc(C(F)(F)F)c3)CC2)cc1. The third kappa shape index (κ3) is 6.94. The number of nitrogens with zero attached hydrogens (tertiary/aromatic N) is 2. The average molecular weight is 452 g/mol. The number of aliphatic hydroxyl groups is 1. The summed E-state index contributed by atoms with van der Waals surface area (Å²) in [4.78, 5) is 15.7. The van der Waals surface area contributed by atoms with Crippen LogP contribution in [-0.4, -0.2) is 73.4 Å². The number of β-amino-alcohol motifs (C(OH)–C–C–N with tert-alkyl or cyclic N) is 1. The van der Waals surface area contributed by atoms with Gasteiger partial charge in [-0.1, -0.05) is 18.2 Å². The Bertz CT molecular complexity index is 882. The maximum Gasteiger partial charge on any atom is 0.416 e. The number of hydrogen-bond acceptors (Lipinski definition) is 6. The molecule has 2 aromatic carbocycles. The molecule has 32 heavy (non-hydrogen) atoms. The van der Waals surface area contributed by atoms with Gasteiger partial charge in [0.25, 0.3) is 0 Å². The minimum Gasteiger partial charge on any atom is -0.491 e. The molecular weight excluding hydrogens is 425 g/mol. The maximum atomic E-state index is 12.9. The van der Waals surface area contributed by atoms with E-state index in [0.717, 1.165) is 6.07 Å². The van der Waals surface area contributed by atoms with E-state index in [9.17, 15) is 23.1 Å². The lowest BCUT2D eigenvalue weighted by atomic mass is 10.1.